The summed E-state index contributed by atoms with van der Waals surface area (Å²) in [7, 11) is 0. The first-order valence-electron chi connectivity index (χ1n) is 10.8. The maximum atomic E-state index is 12.9. The lowest BCUT2D eigenvalue weighted by Gasteiger charge is -2.24. The van der Waals surface area contributed by atoms with Gasteiger partial charge in [0.1, 0.15) is 18.6 Å². The molecule has 3 amide bonds. The van der Waals surface area contributed by atoms with Gasteiger partial charge >= 0.3 is 11.9 Å². The number of nitrogens with zero attached hydrogens (tertiary/aromatic N) is 1. The number of carboxylic acids is 2. The SMILES string of the molecule is NCCCCC(NC(=O)C(N)CCC(=O)O)C(=O)NC(CCCN=C(N)N)C(=O)NCC(=O)O. The van der Waals surface area contributed by atoms with E-state index >= 15 is 0 Å². The summed E-state index contributed by atoms with van der Waals surface area (Å²) in [6.45, 7) is -0.102. The number of amides is 3. The van der Waals surface area contributed by atoms with Gasteiger partial charge in [0.2, 0.25) is 17.7 Å². The maximum Gasteiger partial charge on any atom is 0.322 e. The van der Waals surface area contributed by atoms with Crippen LogP contribution in [0.25, 0.3) is 0 Å². The van der Waals surface area contributed by atoms with Crippen molar-refractivity contribution in [1.29, 1.82) is 0 Å². The molecule has 0 fully saturated rings. The number of carbonyl (C=O) groups excluding carboxylic acids is 3. The Balaban J connectivity index is 5.32. The molecular formula is C19H36N8O7. The second kappa shape index (κ2) is 17.1. The van der Waals surface area contributed by atoms with Crippen molar-refractivity contribution in [3.63, 3.8) is 0 Å². The van der Waals surface area contributed by atoms with Crippen LogP contribution in [0, 0.1) is 0 Å². The summed E-state index contributed by atoms with van der Waals surface area (Å²) < 4.78 is 0. The van der Waals surface area contributed by atoms with Crippen LogP contribution >= 0.6 is 0 Å². The molecule has 15 nitrogen and oxygen atoms in total. The molecule has 13 N–H and O–H groups in total. The summed E-state index contributed by atoms with van der Waals surface area (Å²) in [6, 6.07) is -3.33. The monoisotopic (exact) mass is 488 g/mol. The topological polar surface area (TPSA) is 278 Å². The van der Waals surface area contributed by atoms with E-state index in [-0.39, 0.29) is 38.2 Å². The highest BCUT2D eigenvalue weighted by Crippen LogP contribution is 2.06. The number of nitrogens with one attached hydrogen (secondary N) is 3. The predicted octanol–water partition coefficient (Wildman–Crippen LogP) is -3.47. The Morgan fingerprint density at radius 2 is 1.38 bits per heavy atom. The molecular weight excluding hydrogens is 452 g/mol. The van der Waals surface area contributed by atoms with Gasteiger partial charge in [-0.25, -0.2) is 0 Å². The van der Waals surface area contributed by atoms with Crippen LogP contribution in [0.3, 0.4) is 0 Å². The second-order valence-electron chi connectivity index (χ2n) is 7.51. The average molecular weight is 489 g/mol. The van der Waals surface area contributed by atoms with E-state index in [0.29, 0.717) is 25.8 Å². The van der Waals surface area contributed by atoms with Crippen LogP contribution in [-0.2, 0) is 24.0 Å². The number of unbranched alkanes of at least 4 members (excludes halogenated alkanes) is 1. The van der Waals surface area contributed by atoms with Gasteiger partial charge in [-0.1, -0.05) is 0 Å². The third-order valence-electron chi connectivity index (χ3n) is 4.58. The van der Waals surface area contributed by atoms with Crippen molar-refractivity contribution < 1.29 is 34.2 Å². The number of carboxylic acid groups (broad SMARTS) is 2. The van der Waals surface area contributed by atoms with Crippen molar-refractivity contribution in [2.45, 2.75) is 63.1 Å². The van der Waals surface area contributed by atoms with Crippen molar-refractivity contribution in [2.24, 2.45) is 27.9 Å². The first kappa shape index (κ1) is 30.5. The van der Waals surface area contributed by atoms with Crippen LogP contribution in [0.15, 0.2) is 4.99 Å². The van der Waals surface area contributed by atoms with Crippen LogP contribution in [0.5, 0.6) is 0 Å². The van der Waals surface area contributed by atoms with Gasteiger partial charge in [0.15, 0.2) is 5.96 Å². The first-order valence-corrected chi connectivity index (χ1v) is 10.8. The van der Waals surface area contributed by atoms with Gasteiger partial charge in [0, 0.05) is 13.0 Å². The van der Waals surface area contributed by atoms with Gasteiger partial charge < -0.3 is 49.1 Å². The lowest BCUT2D eigenvalue weighted by Crippen LogP contribution is -2.56. The van der Waals surface area contributed by atoms with E-state index in [1.165, 1.54) is 0 Å². The molecule has 0 heterocycles. The number of rotatable bonds is 18. The Labute approximate surface area is 197 Å². The lowest BCUT2D eigenvalue weighted by molar-refractivity contribution is -0.139. The summed E-state index contributed by atoms with van der Waals surface area (Å²) >= 11 is 0. The van der Waals surface area contributed by atoms with Crippen LogP contribution in [0.2, 0.25) is 0 Å². The Kier molecular flexibility index (Phi) is 15.3. The van der Waals surface area contributed by atoms with Gasteiger partial charge in [0.25, 0.3) is 0 Å². The average Bonchev–Trinajstić information content (AvgIpc) is 2.76. The fraction of sp³-hybridized carbons (Fsp3) is 0.684. The van der Waals surface area contributed by atoms with Gasteiger partial charge in [-0.2, -0.15) is 0 Å². The third kappa shape index (κ3) is 14.6. The number of aliphatic imine (C=N–C) groups is 1. The molecule has 0 bridgehead atoms. The molecule has 34 heavy (non-hydrogen) atoms. The summed E-state index contributed by atoms with van der Waals surface area (Å²) in [4.78, 5) is 62.9. The molecule has 0 spiro atoms. The van der Waals surface area contributed by atoms with Gasteiger partial charge in [-0.15, -0.1) is 0 Å². The minimum atomic E-state index is -1.26. The number of guanidine groups is 1. The summed E-state index contributed by atoms with van der Waals surface area (Å²) in [6.07, 6.45) is 1.20. The number of hydrogen-bond donors (Lipinski definition) is 9. The van der Waals surface area contributed by atoms with E-state index in [9.17, 15) is 24.0 Å². The van der Waals surface area contributed by atoms with Crippen molar-refractivity contribution in [2.75, 3.05) is 19.6 Å². The number of hydrogen-bond acceptors (Lipinski definition) is 8. The lowest BCUT2D eigenvalue weighted by atomic mass is 10.0. The Bertz CT molecular complexity index is 727. The molecule has 0 aliphatic heterocycles. The van der Waals surface area contributed by atoms with Crippen molar-refractivity contribution in [1.82, 2.24) is 16.0 Å². The molecule has 0 aromatic rings. The minimum Gasteiger partial charge on any atom is -0.481 e. The van der Waals surface area contributed by atoms with Gasteiger partial charge in [-0.05, 0) is 45.1 Å². The highest BCUT2D eigenvalue weighted by Gasteiger charge is 2.28. The molecule has 0 saturated carbocycles. The third-order valence-corrected chi connectivity index (χ3v) is 4.58. The fourth-order valence-electron chi connectivity index (χ4n) is 2.78. The molecule has 0 aromatic heterocycles. The van der Waals surface area contributed by atoms with E-state index in [1.54, 1.807) is 0 Å². The maximum absolute atomic E-state index is 12.9. The minimum absolute atomic E-state index is 0.0928. The highest BCUT2D eigenvalue weighted by atomic mass is 16.4. The normalized spacial score (nSPS) is 13.1. The van der Waals surface area contributed by atoms with Crippen molar-refractivity contribution >= 4 is 35.6 Å². The fourth-order valence-corrected chi connectivity index (χ4v) is 2.78. The molecule has 0 aliphatic rings. The molecule has 3 atom stereocenters. The van der Waals surface area contributed by atoms with Crippen molar-refractivity contribution in [3.8, 4) is 0 Å². The Morgan fingerprint density at radius 3 is 1.94 bits per heavy atom. The molecule has 194 valence electrons. The zero-order chi connectivity index (χ0) is 26.1. The van der Waals surface area contributed by atoms with E-state index in [1.807, 2.05) is 0 Å². The zero-order valence-corrected chi connectivity index (χ0v) is 19.0. The predicted molar refractivity (Wildman–Crippen MR) is 122 cm³/mol. The van der Waals surface area contributed by atoms with Crippen LogP contribution in [-0.4, -0.2) is 83.6 Å². The smallest absolute Gasteiger partial charge is 0.322 e. The van der Waals surface area contributed by atoms with Crippen molar-refractivity contribution in [3.05, 3.63) is 0 Å². The van der Waals surface area contributed by atoms with Crippen LogP contribution in [0.1, 0.15) is 44.9 Å². The summed E-state index contributed by atoms with van der Waals surface area (Å²) in [5, 5.41) is 24.7. The number of nitrogens with two attached hydrogens (primary N) is 4. The molecule has 15 heteroatoms. The molecule has 0 saturated heterocycles. The summed E-state index contributed by atoms with van der Waals surface area (Å²) in [5.41, 5.74) is 21.7. The molecule has 0 radical (unpaired) electrons. The van der Waals surface area contributed by atoms with E-state index in [2.05, 4.69) is 20.9 Å². The van der Waals surface area contributed by atoms with Crippen LogP contribution < -0.4 is 38.9 Å². The molecule has 3 unspecified atom stereocenters. The highest BCUT2D eigenvalue weighted by molar-refractivity contribution is 5.93. The first-order chi connectivity index (χ1) is 16.0. The summed E-state index contributed by atoms with van der Waals surface area (Å²) in [5.74, 6) is -4.65. The molecule has 0 aliphatic carbocycles. The van der Waals surface area contributed by atoms with E-state index in [0.717, 1.165) is 0 Å². The van der Waals surface area contributed by atoms with Gasteiger partial charge in [-0.3, -0.25) is 29.0 Å². The standard InChI is InChI=1S/C19H36N8O7/c20-8-2-1-4-13(26-16(32)11(21)6-7-14(28)29)18(34)27-12(5-3-9-24-19(22)23)17(33)25-10-15(30)31/h11-13H,1-10,20-21H2,(H,25,33)(H,26,32)(H,27,34)(H,28,29)(H,30,31)(H4,22,23,24). The second-order valence-corrected chi connectivity index (χ2v) is 7.51. The Morgan fingerprint density at radius 1 is 0.794 bits per heavy atom. The molecule has 0 rings (SSSR count). The van der Waals surface area contributed by atoms with E-state index < -0.39 is 54.3 Å². The number of carbonyl (C=O) groups is 5. The zero-order valence-electron chi connectivity index (χ0n) is 19.0. The largest absolute Gasteiger partial charge is 0.481 e. The van der Waals surface area contributed by atoms with Gasteiger partial charge in [0.05, 0.1) is 6.04 Å². The number of aliphatic carboxylic acids is 2. The quantitative estimate of drug-likeness (QED) is 0.0519. The van der Waals surface area contributed by atoms with E-state index in [4.69, 9.17) is 33.1 Å². The molecule has 0 aromatic carbocycles. The van der Waals surface area contributed by atoms with Crippen LogP contribution in [0.4, 0.5) is 0 Å². The Hall–Kier alpha value is -3.46.